The molecule has 88 valence electrons. The molecule has 2 aromatic carbocycles. The summed E-state index contributed by atoms with van der Waals surface area (Å²) in [6.45, 7) is 4.01. The highest BCUT2D eigenvalue weighted by Gasteiger charge is 2.07. The van der Waals surface area contributed by atoms with Gasteiger partial charge in [-0.1, -0.05) is 18.2 Å². The Bertz CT molecular complexity index is 521. The first-order chi connectivity index (χ1) is 8.11. The number of aromatic hydroxyl groups is 1. The highest BCUT2D eigenvalue weighted by Crippen LogP contribution is 2.30. The van der Waals surface area contributed by atoms with Crippen molar-refractivity contribution in [2.45, 2.75) is 20.5 Å². The number of phenolic OH excluding ortho intramolecular Hbond substituents is 1. The number of hydrogen-bond acceptors (Lipinski definition) is 2. The molecule has 2 heteroatoms. The lowest BCUT2D eigenvalue weighted by atomic mass is 9.94. The Kier molecular flexibility index (Phi) is 3.16. The number of phenols is 1. The Balaban J connectivity index is 2.60. The Morgan fingerprint density at radius 1 is 1.00 bits per heavy atom. The molecule has 0 bridgehead atoms. The van der Waals surface area contributed by atoms with Crippen molar-refractivity contribution in [1.29, 1.82) is 0 Å². The fourth-order valence-electron chi connectivity index (χ4n) is 2.22. The number of benzene rings is 2. The molecule has 0 amide bonds. The third-order valence-corrected chi connectivity index (χ3v) is 2.92. The van der Waals surface area contributed by atoms with Gasteiger partial charge in [0.2, 0.25) is 0 Å². The maximum Gasteiger partial charge on any atom is 0.116 e. The largest absolute Gasteiger partial charge is 0.508 e. The van der Waals surface area contributed by atoms with E-state index in [2.05, 4.69) is 0 Å². The smallest absolute Gasteiger partial charge is 0.116 e. The number of aliphatic hydroxyl groups is 1. The van der Waals surface area contributed by atoms with Crippen molar-refractivity contribution in [3.63, 3.8) is 0 Å². The van der Waals surface area contributed by atoms with E-state index in [1.807, 2.05) is 38.1 Å². The Morgan fingerprint density at radius 2 is 1.65 bits per heavy atom. The molecule has 0 radical (unpaired) electrons. The summed E-state index contributed by atoms with van der Waals surface area (Å²) in [5, 5.41) is 18.7. The van der Waals surface area contributed by atoms with Crippen LogP contribution in [0.3, 0.4) is 0 Å². The summed E-state index contributed by atoms with van der Waals surface area (Å²) in [7, 11) is 0. The van der Waals surface area contributed by atoms with Crippen LogP contribution in [0.1, 0.15) is 16.7 Å². The predicted molar refractivity (Wildman–Crippen MR) is 68.9 cm³/mol. The van der Waals surface area contributed by atoms with Gasteiger partial charge in [-0.2, -0.15) is 0 Å². The second-order valence-electron chi connectivity index (χ2n) is 4.31. The van der Waals surface area contributed by atoms with E-state index in [4.69, 9.17) is 5.11 Å². The van der Waals surface area contributed by atoms with E-state index in [9.17, 15) is 5.11 Å². The van der Waals surface area contributed by atoms with Crippen LogP contribution in [0.5, 0.6) is 5.75 Å². The second-order valence-corrected chi connectivity index (χ2v) is 4.31. The van der Waals surface area contributed by atoms with Crippen molar-refractivity contribution in [3.8, 4) is 16.9 Å². The van der Waals surface area contributed by atoms with Crippen LogP contribution in [0.2, 0.25) is 0 Å². The van der Waals surface area contributed by atoms with Crippen LogP contribution in [0.4, 0.5) is 0 Å². The van der Waals surface area contributed by atoms with E-state index in [0.717, 1.165) is 27.8 Å². The van der Waals surface area contributed by atoms with Crippen LogP contribution in [0, 0.1) is 13.8 Å². The number of aliphatic hydroxyl groups excluding tert-OH is 1. The molecule has 0 heterocycles. The zero-order chi connectivity index (χ0) is 12.4. The van der Waals surface area contributed by atoms with E-state index >= 15 is 0 Å². The lowest BCUT2D eigenvalue weighted by Crippen LogP contribution is -1.90. The standard InChI is InChI=1S/C15H16O2/c1-10-6-14(17)7-11(2)15(10)13-5-3-4-12(8-13)9-16/h3-8,16-17H,9H2,1-2H3. The van der Waals surface area contributed by atoms with Gasteiger partial charge >= 0.3 is 0 Å². The van der Waals surface area contributed by atoms with Gasteiger partial charge in [-0.15, -0.1) is 0 Å². The van der Waals surface area contributed by atoms with Crippen molar-refractivity contribution < 1.29 is 10.2 Å². The van der Waals surface area contributed by atoms with Crippen LogP contribution in [-0.2, 0) is 6.61 Å². The first kappa shape index (κ1) is 11.7. The molecule has 2 aromatic rings. The molecule has 0 aliphatic heterocycles. The molecule has 0 aromatic heterocycles. The number of rotatable bonds is 2. The minimum atomic E-state index is 0.0457. The third kappa shape index (κ3) is 2.32. The van der Waals surface area contributed by atoms with Gasteiger partial charge in [0.25, 0.3) is 0 Å². The van der Waals surface area contributed by atoms with Crippen molar-refractivity contribution in [2.75, 3.05) is 0 Å². The molecule has 0 atom stereocenters. The van der Waals surface area contributed by atoms with E-state index in [0.29, 0.717) is 5.75 Å². The lowest BCUT2D eigenvalue weighted by Gasteiger charge is -2.11. The van der Waals surface area contributed by atoms with Crippen LogP contribution in [0.25, 0.3) is 11.1 Å². The van der Waals surface area contributed by atoms with Crippen molar-refractivity contribution >= 4 is 0 Å². The van der Waals surface area contributed by atoms with Gasteiger partial charge in [-0.25, -0.2) is 0 Å². The molecule has 0 unspecified atom stereocenters. The average Bonchev–Trinajstić information content (AvgIpc) is 2.28. The first-order valence-electron chi connectivity index (χ1n) is 5.62. The molecule has 0 aliphatic rings. The van der Waals surface area contributed by atoms with Gasteiger partial charge in [0.15, 0.2) is 0 Å². The first-order valence-corrected chi connectivity index (χ1v) is 5.62. The SMILES string of the molecule is Cc1cc(O)cc(C)c1-c1cccc(CO)c1. The minimum absolute atomic E-state index is 0.0457. The summed E-state index contributed by atoms with van der Waals surface area (Å²) in [5.41, 5.74) is 5.18. The molecule has 17 heavy (non-hydrogen) atoms. The fourth-order valence-corrected chi connectivity index (χ4v) is 2.22. The monoisotopic (exact) mass is 228 g/mol. The zero-order valence-electron chi connectivity index (χ0n) is 10.1. The van der Waals surface area contributed by atoms with Crippen molar-refractivity contribution in [1.82, 2.24) is 0 Å². The highest BCUT2D eigenvalue weighted by atomic mass is 16.3. The quantitative estimate of drug-likeness (QED) is 0.828. The second kappa shape index (κ2) is 4.60. The zero-order valence-corrected chi connectivity index (χ0v) is 10.1. The normalized spacial score (nSPS) is 10.5. The highest BCUT2D eigenvalue weighted by molar-refractivity contribution is 5.72. The Morgan fingerprint density at radius 3 is 2.24 bits per heavy atom. The molecule has 2 nitrogen and oxygen atoms in total. The molecule has 0 saturated carbocycles. The molecular formula is C15H16O2. The van der Waals surface area contributed by atoms with Gasteiger partial charge in [0, 0.05) is 0 Å². The van der Waals surface area contributed by atoms with Crippen LogP contribution >= 0.6 is 0 Å². The van der Waals surface area contributed by atoms with Crippen molar-refractivity contribution in [3.05, 3.63) is 53.1 Å². The summed E-state index contributed by atoms with van der Waals surface area (Å²) >= 11 is 0. The van der Waals surface area contributed by atoms with Gasteiger partial charge in [0.05, 0.1) is 6.61 Å². The molecule has 0 spiro atoms. The minimum Gasteiger partial charge on any atom is -0.508 e. The average molecular weight is 228 g/mol. The van der Waals surface area contributed by atoms with E-state index < -0.39 is 0 Å². The molecule has 2 N–H and O–H groups in total. The maximum absolute atomic E-state index is 9.53. The van der Waals surface area contributed by atoms with Gasteiger partial charge < -0.3 is 10.2 Å². The van der Waals surface area contributed by atoms with E-state index in [1.54, 1.807) is 12.1 Å². The molecule has 0 fully saturated rings. The topological polar surface area (TPSA) is 40.5 Å². The van der Waals surface area contributed by atoms with Gasteiger partial charge in [-0.05, 0) is 59.9 Å². The molecule has 0 saturated heterocycles. The Hall–Kier alpha value is -1.80. The Labute approximate surface area is 101 Å². The lowest BCUT2D eigenvalue weighted by molar-refractivity contribution is 0.282. The summed E-state index contributed by atoms with van der Waals surface area (Å²) in [6, 6.07) is 11.3. The summed E-state index contributed by atoms with van der Waals surface area (Å²) in [6.07, 6.45) is 0. The van der Waals surface area contributed by atoms with Crippen molar-refractivity contribution in [2.24, 2.45) is 0 Å². The van der Waals surface area contributed by atoms with Crippen LogP contribution in [-0.4, -0.2) is 10.2 Å². The van der Waals surface area contributed by atoms with Gasteiger partial charge in [-0.3, -0.25) is 0 Å². The maximum atomic E-state index is 9.53. The van der Waals surface area contributed by atoms with Gasteiger partial charge in [0.1, 0.15) is 5.75 Å². The summed E-state index contributed by atoms with van der Waals surface area (Å²) in [5.74, 6) is 0.294. The van der Waals surface area contributed by atoms with Crippen LogP contribution in [0.15, 0.2) is 36.4 Å². The van der Waals surface area contributed by atoms with E-state index in [-0.39, 0.29) is 6.61 Å². The number of aryl methyl sites for hydroxylation is 2. The predicted octanol–water partition coefficient (Wildman–Crippen LogP) is 3.17. The molecule has 0 aliphatic carbocycles. The summed E-state index contributed by atoms with van der Waals surface area (Å²) < 4.78 is 0. The van der Waals surface area contributed by atoms with E-state index in [1.165, 1.54) is 0 Å². The fraction of sp³-hybridized carbons (Fsp3) is 0.200. The third-order valence-electron chi connectivity index (χ3n) is 2.92. The molecular weight excluding hydrogens is 212 g/mol. The summed E-state index contributed by atoms with van der Waals surface area (Å²) in [4.78, 5) is 0. The van der Waals surface area contributed by atoms with Crippen LogP contribution < -0.4 is 0 Å². The number of hydrogen-bond donors (Lipinski definition) is 2. The molecule has 2 rings (SSSR count).